The lowest BCUT2D eigenvalue weighted by molar-refractivity contribution is -0.171. The number of halogens is 1. The topological polar surface area (TPSA) is 101 Å². The maximum atomic E-state index is 15.9. The third kappa shape index (κ3) is 6.23. The number of unbranched alkanes of at least 4 members (excludes halogenated alkanes) is 2. The molecule has 36 heavy (non-hydrogen) atoms. The lowest BCUT2D eigenvalue weighted by Crippen LogP contribution is -2.51. The largest absolute Gasteiger partial charge is 0.497 e. The molecule has 1 aromatic heterocycles. The Morgan fingerprint density at radius 3 is 2.42 bits per heavy atom. The van der Waals surface area contributed by atoms with Crippen LogP contribution in [0.4, 0.5) is 4.39 Å². The summed E-state index contributed by atoms with van der Waals surface area (Å²) in [5.74, 6) is 0.645. The van der Waals surface area contributed by atoms with Crippen molar-refractivity contribution in [2.75, 3.05) is 33.5 Å². The fourth-order valence-electron chi connectivity index (χ4n) is 4.19. The summed E-state index contributed by atoms with van der Waals surface area (Å²) >= 11 is 0. The molecule has 0 saturated carbocycles. The van der Waals surface area contributed by atoms with E-state index in [0.29, 0.717) is 24.3 Å². The van der Waals surface area contributed by atoms with E-state index in [-0.39, 0.29) is 19.8 Å². The Morgan fingerprint density at radius 1 is 1.08 bits per heavy atom. The molecule has 1 saturated heterocycles. The Labute approximate surface area is 210 Å². The van der Waals surface area contributed by atoms with Gasteiger partial charge in [-0.25, -0.2) is 9.18 Å². The first kappa shape index (κ1) is 28.0. The van der Waals surface area contributed by atoms with Crippen LogP contribution in [0.5, 0.6) is 5.75 Å². The Bertz CT molecular complexity index is 1070. The van der Waals surface area contributed by atoms with Crippen molar-refractivity contribution in [2.24, 2.45) is 0 Å². The fraction of sp³-hybridized carbons (Fsp3) is 0.615. The van der Waals surface area contributed by atoms with Gasteiger partial charge in [0.1, 0.15) is 17.5 Å². The zero-order valence-electron chi connectivity index (χ0n) is 21.2. The molecule has 1 aliphatic rings. The minimum Gasteiger partial charge on any atom is -0.497 e. The van der Waals surface area contributed by atoms with Gasteiger partial charge in [-0.2, -0.15) is 0 Å². The molecule has 0 bridgehead atoms. The number of benzene rings is 1. The summed E-state index contributed by atoms with van der Waals surface area (Å²) in [5.41, 5.74) is -2.03. The summed E-state index contributed by atoms with van der Waals surface area (Å²) in [6.07, 6.45) is 0.198. The van der Waals surface area contributed by atoms with Gasteiger partial charge in [-0.05, 0) is 30.5 Å². The monoisotopic (exact) mass is 508 g/mol. The number of hydrogen-bond donors (Lipinski definition) is 1. The zero-order valence-corrected chi connectivity index (χ0v) is 21.2. The summed E-state index contributed by atoms with van der Waals surface area (Å²) in [5, 5.41) is 10.3. The number of rotatable bonds is 14. The molecule has 9 nitrogen and oxygen atoms in total. The molecule has 0 radical (unpaired) electrons. The molecule has 10 heteroatoms. The third-order valence-electron chi connectivity index (χ3n) is 6.36. The minimum absolute atomic E-state index is 0.00608. The van der Waals surface area contributed by atoms with Crippen LogP contribution in [0.15, 0.2) is 46.1 Å². The van der Waals surface area contributed by atoms with Crippen LogP contribution >= 0.6 is 0 Å². The normalized spacial score (nSPS) is 23.8. The standard InChI is InChI=1S/C26H37FN2O7/c1-4-6-14-34-18-26(17-30)23(35-15-7-5-2)22(27)24(36-26)28-13-12-21(31)29(25(28)32)16-19-8-10-20(33-3)11-9-19/h8-13,22-24,30H,4-7,14-18H2,1-3H3/t22-,23+,24-,26-/m1/s1. The van der Waals surface area contributed by atoms with Gasteiger partial charge < -0.3 is 24.1 Å². The first-order valence-corrected chi connectivity index (χ1v) is 12.5. The summed E-state index contributed by atoms with van der Waals surface area (Å²) in [6.45, 7) is 4.08. The van der Waals surface area contributed by atoms with Crippen LogP contribution < -0.4 is 16.0 Å². The van der Waals surface area contributed by atoms with Crippen molar-refractivity contribution in [3.63, 3.8) is 0 Å². The zero-order chi connectivity index (χ0) is 26.1. The predicted octanol–water partition coefficient (Wildman–Crippen LogP) is 2.67. The summed E-state index contributed by atoms with van der Waals surface area (Å²) < 4.78 is 40.7. The molecule has 1 aliphatic heterocycles. The second kappa shape index (κ2) is 13.1. The lowest BCUT2D eigenvalue weighted by Gasteiger charge is -2.32. The van der Waals surface area contributed by atoms with Gasteiger partial charge in [0.15, 0.2) is 12.4 Å². The summed E-state index contributed by atoms with van der Waals surface area (Å²) in [6, 6.07) is 8.14. The van der Waals surface area contributed by atoms with E-state index in [1.54, 1.807) is 31.4 Å². The lowest BCUT2D eigenvalue weighted by atomic mass is 9.97. The third-order valence-corrected chi connectivity index (χ3v) is 6.36. The van der Waals surface area contributed by atoms with Gasteiger partial charge in [-0.3, -0.25) is 13.9 Å². The van der Waals surface area contributed by atoms with Crippen LogP contribution in [0.3, 0.4) is 0 Å². The van der Waals surface area contributed by atoms with E-state index in [1.807, 2.05) is 13.8 Å². The molecule has 3 rings (SSSR count). The van der Waals surface area contributed by atoms with Gasteiger partial charge in [0.25, 0.3) is 5.56 Å². The molecule has 0 spiro atoms. The van der Waals surface area contributed by atoms with Crippen LogP contribution in [0, 0.1) is 0 Å². The van der Waals surface area contributed by atoms with Crippen molar-refractivity contribution in [1.82, 2.24) is 9.13 Å². The first-order chi connectivity index (χ1) is 17.4. The molecule has 1 fully saturated rings. The van der Waals surface area contributed by atoms with Gasteiger partial charge in [0.05, 0.1) is 26.9 Å². The SMILES string of the molecule is CCCCOC[C@@]1(CO)O[C@@H](n2ccc(=O)n(Cc3ccc(OC)cc3)c2=O)[C@H](F)[C@@H]1OCCCC. The number of aliphatic hydroxyl groups is 1. The highest BCUT2D eigenvalue weighted by Gasteiger charge is 2.57. The van der Waals surface area contributed by atoms with Gasteiger partial charge in [-0.1, -0.05) is 38.8 Å². The number of nitrogens with zero attached hydrogens (tertiary/aromatic N) is 2. The van der Waals surface area contributed by atoms with Crippen LogP contribution in [0.1, 0.15) is 51.3 Å². The maximum absolute atomic E-state index is 15.9. The molecule has 1 aromatic carbocycles. The minimum atomic E-state index is -1.77. The Hall–Kier alpha value is -2.53. The van der Waals surface area contributed by atoms with E-state index in [9.17, 15) is 14.7 Å². The molecule has 2 heterocycles. The van der Waals surface area contributed by atoms with Gasteiger partial charge >= 0.3 is 5.69 Å². The van der Waals surface area contributed by atoms with Crippen molar-refractivity contribution in [3.05, 3.63) is 62.9 Å². The average molecular weight is 509 g/mol. The van der Waals surface area contributed by atoms with Crippen molar-refractivity contribution < 1.29 is 28.4 Å². The van der Waals surface area contributed by atoms with Crippen LogP contribution in [-0.2, 0) is 20.8 Å². The summed E-state index contributed by atoms with van der Waals surface area (Å²) in [4.78, 5) is 25.9. The Balaban J connectivity index is 1.92. The van der Waals surface area contributed by atoms with E-state index in [4.69, 9.17) is 18.9 Å². The molecule has 2 aromatic rings. The number of aliphatic hydroxyl groups excluding tert-OH is 1. The second-order valence-corrected chi connectivity index (χ2v) is 9.00. The maximum Gasteiger partial charge on any atom is 0.333 e. The van der Waals surface area contributed by atoms with E-state index in [1.165, 1.54) is 12.3 Å². The highest BCUT2D eigenvalue weighted by Crippen LogP contribution is 2.40. The smallest absolute Gasteiger partial charge is 0.333 e. The number of hydrogen-bond acceptors (Lipinski definition) is 7. The van der Waals surface area contributed by atoms with E-state index >= 15 is 4.39 Å². The quantitative estimate of drug-likeness (QED) is 0.392. The number of ether oxygens (including phenoxy) is 4. The molecule has 200 valence electrons. The van der Waals surface area contributed by atoms with Gasteiger partial charge in [-0.15, -0.1) is 0 Å². The molecule has 0 amide bonds. The van der Waals surface area contributed by atoms with Crippen molar-refractivity contribution >= 4 is 0 Å². The first-order valence-electron chi connectivity index (χ1n) is 12.5. The van der Waals surface area contributed by atoms with Crippen molar-refractivity contribution in [1.29, 1.82) is 0 Å². The van der Waals surface area contributed by atoms with E-state index in [2.05, 4.69) is 0 Å². The fourth-order valence-corrected chi connectivity index (χ4v) is 4.19. The molecule has 4 atom stereocenters. The Morgan fingerprint density at radius 2 is 1.78 bits per heavy atom. The molecule has 0 unspecified atom stereocenters. The number of methoxy groups -OCH3 is 1. The van der Waals surface area contributed by atoms with Crippen molar-refractivity contribution in [3.8, 4) is 5.75 Å². The van der Waals surface area contributed by atoms with Gasteiger partial charge in [0.2, 0.25) is 0 Å². The molecular weight excluding hydrogens is 471 g/mol. The average Bonchev–Trinajstić information content (AvgIpc) is 3.16. The van der Waals surface area contributed by atoms with Crippen molar-refractivity contribution in [2.45, 2.75) is 70.2 Å². The van der Waals surface area contributed by atoms with Crippen LogP contribution in [0.2, 0.25) is 0 Å². The number of alkyl halides is 1. The van der Waals surface area contributed by atoms with Gasteiger partial charge in [0, 0.05) is 25.5 Å². The highest BCUT2D eigenvalue weighted by atomic mass is 19.1. The Kier molecular flexibility index (Phi) is 10.2. The van der Waals surface area contributed by atoms with Crippen LogP contribution in [-0.4, -0.2) is 65.7 Å². The number of aromatic nitrogens is 2. The second-order valence-electron chi connectivity index (χ2n) is 9.00. The van der Waals surface area contributed by atoms with Crippen LogP contribution in [0.25, 0.3) is 0 Å². The molecule has 1 N–H and O–H groups in total. The predicted molar refractivity (Wildman–Crippen MR) is 132 cm³/mol. The van der Waals surface area contributed by atoms with E-state index in [0.717, 1.165) is 28.4 Å². The highest BCUT2D eigenvalue weighted by molar-refractivity contribution is 5.27. The molecule has 0 aliphatic carbocycles. The van der Waals surface area contributed by atoms with E-state index < -0.39 is 42.0 Å². The molecular formula is C26H37FN2O7. The summed E-state index contributed by atoms with van der Waals surface area (Å²) in [7, 11) is 1.55.